The Labute approximate surface area is 116 Å². The van der Waals surface area contributed by atoms with Gasteiger partial charge in [0.05, 0.1) is 0 Å². The van der Waals surface area contributed by atoms with Crippen molar-refractivity contribution in [3.05, 3.63) is 12.7 Å². The molecule has 1 radical (unpaired) electrons. The first-order valence-electron chi connectivity index (χ1n) is 5.66. The topological polar surface area (TPSA) is 119 Å². The van der Waals surface area contributed by atoms with Crippen molar-refractivity contribution in [2.75, 3.05) is 5.73 Å². The third kappa shape index (κ3) is 1.90. The Bertz CT molecular complexity index is 606. The van der Waals surface area contributed by atoms with Crippen LogP contribution in [0, 0.1) is 0 Å². The average Bonchev–Trinajstić information content (AvgIpc) is 2.94. The van der Waals surface area contributed by atoms with Crippen LogP contribution in [0.25, 0.3) is 11.2 Å². The van der Waals surface area contributed by atoms with Crippen molar-refractivity contribution in [3.8, 4) is 0 Å². The quantitative estimate of drug-likeness (QED) is 0.581. The molecule has 2 aromatic rings. The summed E-state index contributed by atoms with van der Waals surface area (Å²) in [6.45, 7) is 0. The van der Waals surface area contributed by atoms with E-state index < -0.39 is 24.5 Å². The molecule has 0 bridgehead atoms. The Morgan fingerprint density at radius 1 is 1.32 bits per heavy atom. The molecule has 1 aliphatic heterocycles. The zero-order valence-corrected chi connectivity index (χ0v) is 11.5. The van der Waals surface area contributed by atoms with E-state index >= 15 is 0 Å². The normalized spacial score (nSPS) is 31.1. The molecule has 9 heteroatoms. The number of aliphatic hydroxyl groups is 2. The van der Waals surface area contributed by atoms with E-state index in [0.717, 1.165) is 0 Å². The summed E-state index contributed by atoms with van der Waals surface area (Å²) < 4.78 is 7.17. The van der Waals surface area contributed by atoms with E-state index in [0.29, 0.717) is 16.5 Å². The Balaban J connectivity index is 2.04. The number of hydrogen-bond donors (Lipinski definition) is 3. The second kappa shape index (κ2) is 4.69. The number of hydrogen-bond acceptors (Lipinski definition) is 7. The zero-order valence-electron chi connectivity index (χ0n) is 9.75. The molecule has 4 atom stereocenters. The molecular formula is C10H12N5O3Se. The Morgan fingerprint density at radius 3 is 2.79 bits per heavy atom. The fourth-order valence-electron chi connectivity index (χ4n) is 2.15. The molecule has 19 heavy (non-hydrogen) atoms. The maximum atomic E-state index is 10.0. The SMILES string of the molecule is Nc1ncnc2c1ncn2[C@@H]1O[C@H](C[Se])[C@@H](O)[C@H]1O. The fourth-order valence-corrected chi connectivity index (χ4v) is 2.73. The van der Waals surface area contributed by atoms with Crippen molar-refractivity contribution in [1.82, 2.24) is 19.5 Å². The van der Waals surface area contributed by atoms with E-state index in [2.05, 4.69) is 31.0 Å². The van der Waals surface area contributed by atoms with Gasteiger partial charge >= 0.3 is 116 Å². The Morgan fingerprint density at radius 2 is 2.11 bits per heavy atom. The Hall–Kier alpha value is -1.25. The molecule has 0 aromatic carbocycles. The maximum absolute atomic E-state index is 10.0. The van der Waals surface area contributed by atoms with Gasteiger partial charge in [0.25, 0.3) is 0 Å². The molecule has 1 aliphatic rings. The number of nitrogens with zero attached hydrogens (tertiary/aromatic N) is 4. The summed E-state index contributed by atoms with van der Waals surface area (Å²) in [5.74, 6) is 0.261. The number of ether oxygens (including phenoxy) is 1. The van der Waals surface area contributed by atoms with Crippen LogP contribution in [0.2, 0.25) is 5.32 Å². The predicted octanol–water partition coefficient (Wildman–Crippen LogP) is -1.39. The van der Waals surface area contributed by atoms with Gasteiger partial charge in [0.2, 0.25) is 0 Å². The third-order valence-corrected chi connectivity index (χ3v) is 3.85. The molecule has 101 valence electrons. The molecule has 3 rings (SSSR count). The molecule has 0 spiro atoms. The van der Waals surface area contributed by atoms with Crippen LogP contribution < -0.4 is 5.73 Å². The number of rotatable bonds is 2. The summed E-state index contributed by atoms with van der Waals surface area (Å²) in [4.78, 5) is 12.0. The molecule has 0 aliphatic carbocycles. The summed E-state index contributed by atoms with van der Waals surface area (Å²) in [5, 5.41) is 20.4. The summed E-state index contributed by atoms with van der Waals surface area (Å²) in [6.07, 6.45) is -0.421. The fraction of sp³-hybridized carbons (Fsp3) is 0.500. The van der Waals surface area contributed by atoms with E-state index in [-0.39, 0.29) is 5.82 Å². The van der Waals surface area contributed by atoms with Crippen LogP contribution in [0.15, 0.2) is 12.7 Å². The minimum absolute atomic E-state index is 0.261. The first-order chi connectivity index (χ1) is 9.13. The molecule has 4 N–H and O–H groups in total. The first-order valence-corrected chi connectivity index (χ1v) is 6.87. The van der Waals surface area contributed by atoms with E-state index in [4.69, 9.17) is 10.5 Å². The number of aromatic nitrogens is 4. The van der Waals surface area contributed by atoms with E-state index in [1.807, 2.05) is 0 Å². The van der Waals surface area contributed by atoms with Crippen LogP contribution >= 0.6 is 0 Å². The zero-order chi connectivity index (χ0) is 13.6. The molecule has 0 saturated carbocycles. The van der Waals surface area contributed by atoms with Gasteiger partial charge in [-0.2, -0.15) is 0 Å². The molecule has 2 aromatic heterocycles. The summed E-state index contributed by atoms with van der Waals surface area (Å²) in [6, 6.07) is 0. The average molecular weight is 329 g/mol. The van der Waals surface area contributed by atoms with Gasteiger partial charge in [0, 0.05) is 0 Å². The molecule has 3 heterocycles. The summed E-state index contributed by atoms with van der Waals surface area (Å²) >= 11 is 2.78. The van der Waals surface area contributed by atoms with Crippen LogP contribution in [0.3, 0.4) is 0 Å². The van der Waals surface area contributed by atoms with Crippen LogP contribution in [-0.2, 0) is 4.74 Å². The van der Waals surface area contributed by atoms with Gasteiger partial charge < -0.3 is 0 Å². The number of nitrogen functional groups attached to an aromatic ring is 1. The minimum atomic E-state index is -1.05. The van der Waals surface area contributed by atoms with Crippen LogP contribution in [0.5, 0.6) is 0 Å². The molecule has 0 unspecified atom stereocenters. The van der Waals surface area contributed by atoms with Gasteiger partial charge in [-0.1, -0.05) is 0 Å². The molecule has 0 amide bonds. The molecule has 1 saturated heterocycles. The first kappa shape index (κ1) is 12.8. The van der Waals surface area contributed by atoms with Crippen molar-refractivity contribution in [2.45, 2.75) is 29.9 Å². The van der Waals surface area contributed by atoms with Gasteiger partial charge in [-0.05, 0) is 0 Å². The number of nitrogens with two attached hydrogens (primary N) is 1. The number of anilines is 1. The second-order valence-electron chi connectivity index (χ2n) is 4.30. The van der Waals surface area contributed by atoms with Crippen molar-refractivity contribution < 1.29 is 14.9 Å². The molecule has 1 fully saturated rings. The van der Waals surface area contributed by atoms with Gasteiger partial charge in [0.15, 0.2) is 0 Å². The van der Waals surface area contributed by atoms with Crippen LogP contribution in [0.1, 0.15) is 6.23 Å². The van der Waals surface area contributed by atoms with Crippen molar-refractivity contribution in [3.63, 3.8) is 0 Å². The standard InChI is InChI=1S/C10H12N5O3Se/c11-8-5-9(13-2-12-8)15(3-14-5)10-7(17)6(16)4(1-19)18-10/h2-4,6-7,10,16-17H,1H2,(H2,11,12,13)/t4-,6-,7-,10-/m1/s1. The van der Waals surface area contributed by atoms with Gasteiger partial charge in [-0.3, -0.25) is 0 Å². The number of aliphatic hydroxyl groups excluding tert-OH is 2. The molecular weight excluding hydrogens is 317 g/mol. The monoisotopic (exact) mass is 330 g/mol. The number of fused-ring (bicyclic) bond motifs is 1. The Kier molecular flexibility index (Phi) is 3.15. The second-order valence-corrected chi connectivity index (χ2v) is 5.00. The van der Waals surface area contributed by atoms with Crippen LogP contribution in [-0.4, -0.2) is 64.1 Å². The summed E-state index contributed by atoms with van der Waals surface area (Å²) in [7, 11) is 0. The van der Waals surface area contributed by atoms with Gasteiger partial charge in [-0.25, -0.2) is 0 Å². The van der Waals surface area contributed by atoms with E-state index in [9.17, 15) is 10.2 Å². The van der Waals surface area contributed by atoms with Crippen molar-refractivity contribution >= 4 is 33.0 Å². The predicted molar refractivity (Wildman–Crippen MR) is 66.2 cm³/mol. The van der Waals surface area contributed by atoms with Crippen molar-refractivity contribution in [2.24, 2.45) is 0 Å². The number of imidazole rings is 1. The van der Waals surface area contributed by atoms with Crippen LogP contribution in [0.4, 0.5) is 5.82 Å². The van der Waals surface area contributed by atoms with E-state index in [1.165, 1.54) is 12.7 Å². The van der Waals surface area contributed by atoms with E-state index in [1.54, 1.807) is 4.57 Å². The molecule has 8 nitrogen and oxygen atoms in total. The van der Waals surface area contributed by atoms with Gasteiger partial charge in [0.1, 0.15) is 0 Å². The summed E-state index contributed by atoms with van der Waals surface area (Å²) in [5.41, 5.74) is 6.61. The third-order valence-electron chi connectivity index (χ3n) is 3.16. The van der Waals surface area contributed by atoms with Crippen molar-refractivity contribution in [1.29, 1.82) is 0 Å². The van der Waals surface area contributed by atoms with Gasteiger partial charge in [-0.15, -0.1) is 0 Å².